The summed E-state index contributed by atoms with van der Waals surface area (Å²) in [5.74, 6) is -0.764. The Labute approximate surface area is 157 Å². The van der Waals surface area contributed by atoms with Crippen molar-refractivity contribution in [2.24, 2.45) is 5.73 Å². The first-order valence-corrected chi connectivity index (χ1v) is 8.88. The van der Waals surface area contributed by atoms with Crippen molar-refractivity contribution in [3.63, 3.8) is 0 Å². The van der Waals surface area contributed by atoms with E-state index in [1.54, 1.807) is 24.3 Å². The minimum absolute atomic E-state index is 0.203. The molecule has 1 aromatic carbocycles. The summed E-state index contributed by atoms with van der Waals surface area (Å²) in [5.41, 5.74) is 8.76. The van der Waals surface area contributed by atoms with Crippen molar-refractivity contribution >= 4 is 17.8 Å². The van der Waals surface area contributed by atoms with Crippen LogP contribution in [0.2, 0.25) is 0 Å². The minimum atomic E-state index is -0.613. The van der Waals surface area contributed by atoms with E-state index in [-0.39, 0.29) is 18.9 Å². The van der Waals surface area contributed by atoms with Crippen molar-refractivity contribution in [3.8, 4) is 0 Å². The molecule has 0 aliphatic heterocycles. The number of nitrogens with zero attached hydrogens (tertiary/aromatic N) is 1. The lowest BCUT2D eigenvalue weighted by Crippen LogP contribution is -2.28. The van der Waals surface area contributed by atoms with Crippen LogP contribution in [-0.4, -0.2) is 29.0 Å². The van der Waals surface area contributed by atoms with Crippen molar-refractivity contribution in [2.45, 2.75) is 39.3 Å². The van der Waals surface area contributed by atoms with Crippen LogP contribution < -0.4 is 11.1 Å². The molecule has 1 heterocycles. The SMILES string of the molecule is Cc1cc(C(=O)COC(=O)c2ccc(CNC(N)=O)cc2)c(C)n1C1CC1. The fourth-order valence-corrected chi connectivity index (χ4v) is 3.19. The predicted octanol–water partition coefficient (Wildman–Crippen LogP) is 2.65. The number of hydrogen-bond donors (Lipinski definition) is 2. The molecule has 3 N–H and O–H groups in total. The highest BCUT2D eigenvalue weighted by Crippen LogP contribution is 2.38. The molecule has 2 amide bonds. The predicted molar refractivity (Wildman–Crippen MR) is 99.7 cm³/mol. The molecular weight excluding hydrogens is 346 g/mol. The summed E-state index contributed by atoms with van der Waals surface area (Å²) in [5, 5.41) is 2.47. The number of amides is 2. The van der Waals surface area contributed by atoms with Crippen LogP contribution >= 0.6 is 0 Å². The number of Topliss-reactive ketones (excluding diaryl/α,β-unsaturated/α-hetero) is 1. The smallest absolute Gasteiger partial charge is 0.338 e. The summed E-state index contributed by atoms with van der Waals surface area (Å²) >= 11 is 0. The second-order valence-corrected chi connectivity index (χ2v) is 6.80. The topological polar surface area (TPSA) is 103 Å². The van der Waals surface area contributed by atoms with Gasteiger partial charge in [0.25, 0.3) is 0 Å². The molecule has 3 rings (SSSR count). The van der Waals surface area contributed by atoms with Gasteiger partial charge < -0.3 is 20.4 Å². The number of nitrogens with two attached hydrogens (primary N) is 1. The Bertz CT molecular complexity index is 879. The second-order valence-electron chi connectivity index (χ2n) is 6.80. The van der Waals surface area contributed by atoms with Crippen LogP contribution in [-0.2, 0) is 11.3 Å². The van der Waals surface area contributed by atoms with E-state index < -0.39 is 12.0 Å². The number of primary amides is 1. The Balaban J connectivity index is 1.58. The lowest BCUT2D eigenvalue weighted by molar-refractivity contribution is 0.0474. The molecule has 1 aromatic heterocycles. The molecule has 0 radical (unpaired) electrons. The number of carbonyl (C=O) groups excluding carboxylic acids is 3. The molecule has 0 saturated heterocycles. The van der Waals surface area contributed by atoms with Gasteiger partial charge in [-0.1, -0.05) is 12.1 Å². The highest BCUT2D eigenvalue weighted by atomic mass is 16.5. The zero-order valence-corrected chi connectivity index (χ0v) is 15.5. The number of carbonyl (C=O) groups is 3. The number of aryl methyl sites for hydroxylation is 1. The van der Waals surface area contributed by atoms with Crippen LogP contribution in [0.3, 0.4) is 0 Å². The summed E-state index contributed by atoms with van der Waals surface area (Å²) in [6.45, 7) is 3.90. The average molecular weight is 369 g/mol. The van der Waals surface area contributed by atoms with Gasteiger partial charge in [-0.2, -0.15) is 0 Å². The first-order chi connectivity index (χ1) is 12.9. The fraction of sp³-hybridized carbons (Fsp3) is 0.350. The monoisotopic (exact) mass is 369 g/mol. The van der Waals surface area contributed by atoms with Crippen LogP contribution in [0.5, 0.6) is 0 Å². The van der Waals surface area contributed by atoms with E-state index in [0.29, 0.717) is 17.2 Å². The molecule has 7 heteroatoms. The Morgan fingerprint density at radius 1 is 1.19 bits per heavy atom. The maximum Gasteiger partial charge on any atom is 0.338 e. The van der Waals surface area contributed by atoms with Crippen molar-refractivity contribution in [1.29, 1.82) is 0 Å². The highest BCUT2D eigenvalue weighted by Gasteiger charge is 2.28. The van der Waals surface area contributed by atoms with E-state index in [9.17, 15) is 14.4 Å². The number of benzene rings is 1. The summed E-state index contributed by atoms with van der Waals surface area (Å²) in [7, 11) is 0. The quantitative estimate of drug-likeness (QED) is 0.578. The van der Waals surface area contributed by atoms with Crippen LogP contribution in [0.1, 0.15) is 56.6 Å². The summed E-state index contributed by atoms with van der Waals surface area (Å²) in [4.78, 5) is 35.3. The molecule has 0 spiro atoms. The van der Waals surface area contributed by atoms with E-state index in [4.69, 9.17) is 10.5 Å². The van der Waals surface area contributed by atoms with Crippen LogP contribution in [0.25, 0.3) is 0 Å². The molecule has 0 atom stereocenters. The zero-order valence-electron chi connectivity index (χ0n) is 15.5. The van der Waals surface area contributed by atoms with Gasteiger partial charge in [0.1, 0.15) is 0 Å². The lowest BCUT2D eigenvalue weighted by Gasteiger charge is -2.08. The van der Waals surface area contributed by atoms with E-state index in [0.717, 1.165) is 29.8 Å². The van der Waals surface area contributed by atoms with Crippen molar-refractivity contribution < 1.29 is 19.1 Å². The Hall–Kier alpha value is -3.09. The molecule has 7 nitrogen and oxygen atoms in total. The largest absolute Gasteiger partial charge is 0.454 e. The number of nitrogens with one attached hydrogen (secondary N) is 1. The Morgan fingerprint density at radius 2 is 1.85 bits per heavy atom. The molecule has 1 saturated carbocycles. The van der Waals surface area contributed by atoms with Gasteiger partial charge in [-0.15, -0.1) is 0 Å². The highest BCUT2D eigenvalue weighted by molar-refractivity contribution is 6.00. The van der Waals surface area contributed by atoms with Gasteiger partial charge in [0.05, 0.1) is 5.56 Å². The average Bonchev–Trinajstić information content (AvgIpc) is 3.43. The molecule has 1 aliphatic carbocycles. The van der Waals surface area contributed by atoms with Crippen LogP contribution in [0.4, 0.5) is 4.79 Å². The van der Waals surface area contributed by atoms with E-state index in [1.807, 2.05) is 19.9 Å². The van der Waals surface area contributed by atoms with Crippen molar-refractivity contribution in [3.05, 3.63) is 58.4 Å². The van der Waals surface area contributed by atoms with Crippen LogP contribution in [0, 0.1) is 13.8 Å². The molecule has 2 aromatic rings. The number of ether oxygens (including phenoxy) is 1. The number of hydrogen-bond acceptors (Lipinski definition) is 4. The Morgan fingerprint density at radius 3 is 2.44 bits per heavy atom. The number of esters is 1. The standard InChI is InChI=1S/C20H23N3O4/c1-12-9-17(13(2)23(12)16-7-8-16)18(24)11-27-19(25)15-5-3-14(4-6-15)10-22-20(21)26/h3-6,9,16H,7-8,10-11H2,1-2H3,(H3,21,22,26). The molecule has 1 aliphatic rings. The maximum absolute atomic E-state index is 12.5. The number of ketones is 1. The molecule has 1 fully saturated rings. The first-order valence-electron chi connectivity index (χ1n) is 8.88. The van der Waals surface area contributed by atoms with Gasteiger partial charge in [0.2, 0.25) is 5.78 Å². The number of aromatic nitrogens is 1. The van der Waals surface area contributed by atoms with E-state index >= 15 is 0 Å². The van der Waals surface area contributed by atoms with Gasteiger partial charge in [-0.25, -0.2) is 9.59 Å². The Kier molecular flexibility index (Phi) is 5.30. The molecule has 0 unspecified atom stereocenters. The molecule has 0 bridgehead atoms. The normalized spacial score (nSPS) is 13.3. The summed E-state index contributed by atoms with van der Waals surface area (Å²) in [6, 6.07) is 8.31. The van der Waals surface area contributed by atoms with Crippen molar-refractivity contribution in [2.75, 3.05) is 6.61 Å². The first kappa shape index (κ1) is 18.7. The third-order valence-electron chi connectivity index (χ3n) is 4.69. The fourth-order valence-electron chi connectivity index (χ4n) is 3.19. The lowest BCUT2D eigenvalue weighted by atomic mass is 10.1. The van der Waals surface area contributed by atoms with E-state index in [2.05, 4.69) is 9.88 Å². The van der Waals surface area contributed by atoms with Gasteiger partial charge in [-0.05, 0) is 50.5 Å². The maximum atomic E-state index is 12.5. The minimum Gasteiger partial charge on any atom is -0.454 e. The molecule has 27 heavy (non-hydrogen) atoms. The summed E-state index contributed by atoms with van der Waals surface area (Å²) in [6.07, 6.45) is 2.29. The molecular formula is C20H23N3O4. The molecule has 142 valence electrons. The summed E-state index contributed by atoms with van der Waals surface area (Å²) < 4.78 is 7.36. The number of urea groups is 1. The van der Waals surface area contributed by atoms with Crippen molar-refractivity contribution in [1.82, 2.24) is 9.88 Å². The van der Waals surface area contributed by atoms with E-state index in [1.165, 1.54) is 0 Å². The van der Waals surface area contributed by atoms with Gasteiger partial charge >= 0.3 is 12.0 Å². The van der Waals surface area contributed by atoms with Gasteiger partial charge in [-0.3, -0.25) is 4.79 Å². The van der Waals surface area contributed by atoms with Crippen LogP contribution in [0.15, 0.2) is 30.3 Å². The third-order valence-corrected chi connectivity index (χ3v) is 4.69. The third kappa shape index (κ3) is 4.36. The second kappa shape index (κ2) is 7.65. The van der Waals surface area contributed by atoms with Gasteiger partial charge in [0.15, 0.2) is 6.61 Å². The van der Waals surface area contributed by atoms with Gasteiger partial charge in [0, 0.05) is 29.5 Å². The number of rotatable bonds is 7. The zero-order chi connectivity index (χ0) is 19.6.